The van der Waals surface area contributed by atoms with Crippen molar-refractivity contribution in [2.75, 3.05) is 0 Å². The molecule has 0 amide bonds. The van der Waals surface area contributed by atoms with Gasteiger partial charge in [-0.15, -0.1) is 0 Å². The average Bonchev–Trinajstić information content (AvgIpc) is 2.49. The van der Waals surface area contributed by atoms with Crippen molar-refractivity contribution in [3.63, 3.8) is 0 Å². The smallest absolute Gasteiger partial charge is 0.334 e. The molecule has 0 aromatic rings. The minimum absolute atomic E-state index is 0.0101. The van der Waals surface area contributed by atoms with Crippen LogP contribution >= 0.6 is 0 Å². The zero-order valence-corrected chi connectivity index (χ0v) is 11.0. The summed E-state index contributed by atoms with van der Waals surface area (Å²) in [6, 6.07) is 0. The summed E-state index contributed by atoms with van der Waals surface area (Å²) in [5, 5.41) is 0. The zero-order valence-electron chi connectivity index (χ0n) is 11.0. The first kappa shape index (κ1) is 11.6. The molecule has 3 aliphatic rings. The molecule has 18 heavy (non-hydrogen) atoms. The van der Waals surface area contributed by atoms with Crippen LogP contribution < -0.4 is 0 Å². The lowest BCUT2D eigenvalue weighted by atomic mass is 9.63. The lowest BCUT2D eigenvalue weighted by molar-refractivity contribution is -0.141. The fourth-order valence-corrected chi connectivity index (χ4v) is 3.39. The molecule has 1 saturated carbocycles. The van der Waals surface area contributed by atoms with Gasteiger partial charge < -0.3 is 9.47 Å². The molecule has 0 spiro atoms. The molecule has 3 atom stereocenters. The van der Waals surface area contributed by atoms with Crippen LogP contribution in [-0.4, -0.2) is 12.1 Å². The molecule has 2 heterocycles. The monoisotopic (exact) mass is 246 g/mol. The Kier molecular flexibility index (Phi) is 2.40. The van der Waals surface area contributed by atoms with Gasteiger partial charge in [-0.1, -0.05) is 6.92 Å². The Hall–Kier alpha value is -1.51. The molecule has 0 unspecified atom stereocenters. The predicted octanol–water partition coefficient (Wildman–Crippen LogP) is 3.09. The summed E-state index contributed by atoms with van der Waals surface area (Å²) in [6.45, 7) is 6.20. The number of carbonyl (C=O) groups excluding carboxylic acids is 1. The van der Waals surface area contributed by atoms with Gasteiger partial charge >= 0.3 is 5.97 Å². The number of fused-ring (bicyclic) bond motifs is 2. The largest absolute Gasteiger partial charge is 0.473 e. The first-order chi connectivity index (χ1) is 8.51. The Balaban J connectivity index is 2.03. The third kappa shape index (κ3) is 1.53. The Morgan fingerprint density at radius 1 is 1.39 bits per heavy atom. The van der Waals surface area contributed by atoms with Crippen LogP contribution in [0.1, 0.15) is 33.6 Å². The number of carbonyl (C=O) groups is 1. The van der Waals surface area contributed by atoms with E-state index in [4.69, 9.17) is 9.47 Å². The first-order valence-electron chi connectivity index (χ1n) is 6.42. The summed E-state index contributed by atoms with van der Waals surface area (Å²) >= 11 is 0. The summed E-state index contributed by atoms with van der Waals surface area (Å²) < 4.78 is 10.8. The van der Waals surface area contributed by atoms with Crippen LogP contribution in [0.2, 0.25) is 0 Å². The minimum Gasteiger partial charge on any atom is -0.473 e. The van der Waals surface area contributed by atoms with E-state index < -0.39 is 0 Å². The second kappa shape index (κ2) is 3.74. The molecule has 0 aromatic carbocycles. The van der Waals surface area contributed by atoms with Gasteiger partial charge in [0.15, 0.2) is 0 Å². The zero-order chi connectivity index (χ0) is 12.9. The summed E-state index contributed by atoms with van der Waals surface area (Å²) in [4.78, 5) is 11.7. The molecule has 3 rings (SSSR count). The molecule has 1 aliphatic carbocycles. The summed E-state index contributed by atoms with van der Waals surface area (Å²) in [5.74, 6) is 0.254. The highest BCUT2D eigenvalue weighted by atomic mass is 16.5. The third-order valence-corrected chi connectivity index (χ3v) is 4.60. The van der Waals surface area contributed by atoms with Gasteiger partial charge in [-0.05, 0) is 55.2 Å². The molecule has 1 fully saturated rings. The quantitative estimate of drug-likeness (QED) is 0.616. The van der Waals surface area contributed by atoms with E-state index >= 15 is 0 Å². The van der Waals surface area contributed by atoms with E-state index in [2.05, 4.69) is 19.9 Å². The highest BCUT2D eigenvalue weighted by Crippen LogP contribution is 2.51. The maximum atomic E-state index is 11.7. The Labute approximate surface area is 107 Å². The highest BCUT2D eigenvalue weighted by molar-refractivity contribution is 5.91. The van der Waals surface area contributed by atoms with E-state index in [1.54, 1.807) is 6.26 Å². The van der Waals surface area contributed by atoms with E-state index in [1.807, 2.05) is 13.2 Å². The van der Waals surface area contributed by atoms with Gasteiger partial charge in [0.05, 0.1) is 12.5 Å². The van der Waals surface area contributed by atoms with Crippen LogP contribution in [0, 0.1) is 11.3 Å². The molecule has 0 N–H and O–H groups in total. The van der Waals surface area contributed by atoms with Gasteiger partial charge in [0, 0.05) is 5.57 Å². The predicted molar refractivity (Wildman–Crippen MR) is 67.4 cm³/mol. The van der Waals surface area contributed by atoms with E-state index in [1.165, 1.54) is 11.1 Å². The van der Waals surface area contributed by atoms with Gasteiger partial charge in [-0.3, -0.25) is 0 Å². The fraction of sp³-hybridized carbons (Fsp3) is 0.533. The van der Waals surface area contributed by atoms with Crippen molar-refractivity contribution in [1.82, 2.24) is 0 Å². The van der Waals surface area contributed by atoms with Crippen LogP contribution in [0.5, 0.6) is 0 Å². The van der Waals surface area contributed by atoms with Crippen LogP contribution in [-0.2, 0) is 14.3 Å². The normalized spacial score (nSPS) is 38.4. The Morgan fingerprint density at radius 2 is 2.17 bits per heavy atom. The van der Waals surface area contributed by atoms with Crippen molar-refractivity contribution in [3.05, 3.63) is 35.3 Å². The second-order valence-corrected chi connectivity index (χ2v) is 5.81. The lowest BCUT2D eigenvalue weighted by Gasteiger charge is -2.41. The van der Waals surface area contributed by atoms with Crippen molar-refractivity contribution in [2.24, 2.45) is 11.3 Å². The second-order valence-electron chi connectivity index (χ2n) is 5.81. The van der Waals surface area contributed by atoms with E-state index in [0.717, 1.165) is 18.4 Å². The van der Waals surface area contributed by atoms with E-state index in [9.17, 15) is 4.79 Å². The molecule has 0 saturated heterocycles. The molecular formula is C15H18O3. The maximum absolute atomic E-state index is 11.7. The van der Waals surface area contributed by atoms with E-state index in [0.29, 0.717) is 5.92 Å². The van der Waals surface area contributed by atoms with Crippen LogP contribution in [0.25, 0.3) is 0 Å². The van der Waals surface area contributed by atoms with Crippen molar-refractivity contribution in [3.8, 4) is 0 Å². The average molecular weight is 246 g/mol. The van der Waals surface area contributed by atoms with Crippen LogP contribution in [0.4, 0.5) is 0 Å². The number of esters is 1. The Morgan fingerprint density at radius 3 is 2.94 bits per heavy atom. The SMILES string of the molecule is CC1=COC=C[C@@]2(C)C[C@H]3OC(=O)C(C)=C3C[C@H]12. The van der Waals surface area contributed by atoms with Crippen molar-refractivity contribution in [1.29, 1.82) is 0 Å². The van der Waals surface area contributed by atoms with Crippen molar-refractivity contribution < 1.29 is 14.3 Å². The summed E-state index contributed by atoms with van der Waals surface area (Å²) in [6.07, 6.45) is 7.40. The maximum Gasteiger partial charge on any atom is 0.334 e. The Bertz CT molecular complexity index is 498. The van der Waals surface area contributed by atoms with Gasteiger partial charge in [-0.25, -0.2) is 4.79 Å². The van der Waals surface area contributed by atoms with Crippen molar-refractivity contribution in [2.45, 2.75) is 39.7 Å². The van der Waals surface area contributed by atoms with Gasteiger partial charge in [0.2, 0.25) is 0 Å². The minimum atomic E-state index is -0.142. The topological polar surface area (TPSA) is 35.5 Å². The number of hydrogen-bond acceptors (Lipinski definition) is 3. The highest BCUT2D eigenvalue weighted by Gasteiger charge is 2.47. The number of hydrogen-bond donors (Lipinski definition) is 0. The number of allylic oxidation sites excluding steroid dienone is 2. The van der Waals surface area contributed by atoms with Crippen LogP contribution in [0.3, 0.4) is 0 Å². The summed E-state index contributed by atoms with van der Waals surface area (Å²) in [7, 11) is 0. The van der Waals surface area contributed by atoms with Crippen molar-refractivity contribution >= 4 is 5.97 Å². The molecule has 0 aromatic heterocycles. The molecule has 0 radical (unpaired) electrons. The van der Waals surface area contributed by atoms with Gasteiger partial charge in [-0.2, -0.15) is 0 Å². The number of rotatable bonds is 0. The fourth-order valence-electron chi connectivity index (χ4n) is 3.39. The third-order valence-electron chi connectivity index (χ3n) is 4.60. The number of ether oxygens (including phenoxy) is 2. The first-order valence-corrected chi connectivity index (χ1v) is 6.42. The molecule has 96 valence electrons. The standard InChI is InChI=1S/C15H18O3/c1-9-8-17-5-4-15(3)7-13-11(6-12(9)15)10(2)14(16)18-13/h4-5,8,12-13H,6-7H2,1-3H3/t12-,13-,15+/m1/s1. The van der Waals surface area contributed by atoms with Gasteiger partial charge in [0.25, 0.3) is 0 Å². The summed E-state index contributed by atoms with van der Waals surface area (Å²) in [5.41, 5.74) is 3.24. The molecule has 2 aliphatic heterocycles. The van der Waals surface area contributed by atoms with Crippen LogP contribution in [0.15, 0.2) is 35.3 Å². The lowest BCUT2D eigenvalue weighted by Crippen LogP contribution is -2.37. The molecule has 3 heteroatoms. The van der Waals surface area contributed by atoms with E-state index in [-0.39, 0.29) is 17.5 Å². The molecule has 0 bridgehead atoms. The van der Waals surface area contributed by atoms with Gasteiger partial charge in [0.1, 0.15) is 6.10 Å². The molecule has 3 nitrogen and oxygen atoms in total. The molecular weight excluding hydrogens is 228 g/mol.